The molecule has 0 fully saturated rings. The van der Waals surface area contributed by atoms with E-state index in [0.717, 1.165) is 85.6 Å². The van der Waals surface area contributed by atoms with E-state index in [1.54, 1.807) is 12.7 Å². The number of aryl methyl sites for hydroxylation is 2. The van der Waals surface area contributed by atoms with E-state index in [2.05, 4.69) is 39.8 Å². The molecule has 0 radical (unpaired) electrons. The van der Waals surface area contributed by atoms with Crippen LogP contribution in [0.15, 0.2) is 25.3 Å². The Bertz CT molecular complexity index is 1230. The standard InChI is InChI=1S/C25H37N11O2/c1-33(2)21-19-23(29-15-27-21)35(17-31-19)12-8-5-7-11-26-25(37)38-14-10-6-9-13-36-18-32-20-22(34(3)4)28-16-30-24(20)36/h15-18H,5-14H2,1-4H3,(H,26,37). The zero-order valence-electron chi connectivity index (χ0n) is 22.7. The van der Waals surface area contributed by atoms with Gasteiger partial charge in [-0.3, -0.25) is 0 Å². The average Bonchev–Trinajstić information content (AvgIpc) is 3.52. The molecule has 0 aromatic carbocycles. The first-order valence-electron chi connectivity index (χ1n) is 13.0. The van der Waals surface area contributed by atoms with Crippen LogP contribution in [-0.2, 0) is 17.8 Å². The Kier molecular flexibility index (Phi) is 9.22. The minimum Gasteiger partial charge on any atom is -0.450 e. The molecule has 1 amide bonds. The summed E-state index contributed by atoms with van der Waals surface area (Å²) < 4.78 is 9.40. The number of nitrogens with one attached hydrogen (secondary N) is 1. The molecule has 4 aromatic heterocycles. The Labute approximate surface area is 222 Å². The molecule has 0 aliphatic carbocycles. The number of amides is 1. The highest BCUT2D eigenvalue weighted by Gasteiger charge is 2.12. The lowest BCUT2D eigenvalue weighted by Gasteiger charge is -2.11. The zero-order valence-corrected chi connectivity index (χ0v) is 22.7. The van der Waals surface area contributed by atoms with Crippen LogP contribution in [0, 0.1) is 0 Å². The fraction of sp³-hybridized carbons (Fsp3) is 0.560. The third kappa shape index (κ3) is 6.64. The van der Waals surface area contributed by atoms with Crippen molar-refractivity contribution in [1.29, 1.82) is 0 Å². The largest absolute Gasteiger partial charge is 0.450 e. The van der Waals surface area contributed by atoms with E-state index in [1.165, 1.54) is 0 Å². The van der Waals surface area contributed by atoms with Crippen molar-refractivity contribution >= 4 is 40.1 Å². The van der Waals surface area contributed by atoms with Gasteiger partial charge in [0, 0.05) is 47.8 Å². The number of rotatable bonds is 14. The first-order valence-corrected chi connectivity index (χ1v) is 13.0. The highest BCUT2D eigenvalue weighted by atomic mass is 16.5. The van der Waals surface area contributed by atoms with Gasteiger partial charge in [0.15, 0.2) is 34.0 Å². The number of carbonyl (C=O) groups is 1. The number of carbonyl (C=O) groups excluding carboxylic acids is 1. The van der Waals surface area contributed by atoms with Crippen LogP contribution in [0.25, 0.3) is 22.3 Å². The van der Waals surface area contributed by atoms with Crippen LogP contribution in [0.4, 0.5) is 16.4 Å². The lowest BCUT2D eigenvalue weighted by Crippen LogP contribution is -2.25. The summed E-state index contributed by atoms with van der Waals surface area (Å²) >= 11 is 0. The fourth-order valence-corrected chi connectivity index (χ4v) is 4.27. The van der Waals surface area contributed by atoms with Crippen molar-refractivity contribution in [1.82, 2.24) is 44.4 Å². The summed E-state index contributed by atoms with van der Waals surface area (Å²) in [6.07, 6.45) is 12.0. The SMILES string of the molecule is CN(C)c1ncnc2c1ncn2CCCCCNC(=O)OCCCCCn1cnc2c(N(C)C)ncnc21. The second kappa shape index (κ2) is 13.0. The van der Waals surface area contributed by atoms with E-state index < -0.39 is 0 Å². The summed E-state index contributed by atoms with van der Waals surface area (Å²) in [6.45, 7) is 2.64. The van der Waals surface area contributed by atoms with Gasteiger partial charge in [0.2, 0.25) is 0 Å². The minimum absolute atomic E-state index is 0.355. The second-order valence-electron chi connectivity index (χ2n) is 9.59. The van der Waals surface area contributed by atoms with Gasteiger partial charge in [-0.2, -0.15) is 0 Å². The van der Waals surface area contributed by atoms with Crippen LogP contribution in [-0.4, -0.2) is 86.5 Å². The molecule has 0 saturated carbocycles. The number of nitrogens with zero attached hydrogens (tertiary/aromatic N) is 10. The number of anilines is 2. The Balaban J connectivity index is 1.05. The van der Waals surface area contributed by atoms with Crippen molar-refractivity contribution in [2.75, 3.05) is 51.1 Å². The minimum atomic E-state index is -0.355. The zero-order chi connectivity index (χ0) is 26.9. The maximum Gasteiger partial charge on any atom is 0.407 e. The number of fused-ring (bicyclic) bond motifs is 2. The number of ether oxygens (including phenoxy) is 1. The molecule has 13 nitrogen and oxygen atoms in total. The van der Waals surface area contributed by atoms with Gasteiger partial charge in [0.05, 0.1) is 19.3 Å². The third-order valence-corrected chi connectivity index (χ3v) is 6.23. The van der Waals surface area contributed by atoms with Gasteiger partial charge in [-0.15, -0.1) is 0 Å². The average molecular weight is 524 g/mol. The first kappa shape index (κ1) is 27.0. The monoisotopic (exact) mass is 523 g/mol. The number of unbranched alkanes of at least 4 members (excludes halogenated alkanes) is 4. The highest BCUT2D eigenvalue weighted by Crippen LogP contribution is 2.21. The Morgan fingerprint density at radius 2 is 1.26 bits per heavy atom. The molecule has 38 heavy (non-hydrogen) atoms. The molecule has 4 heterocycles. The molecule has 0 unspecified atom stereocenters. The smallest absolute Gasteiger partial charge is 0.407 e. The van der Waals surface area contributed by atoms with Gasteiger partial charge >= 0.3 is 6.09 Å². The summed E-state index contributed by atoms with van der Waals surface area (Å²) in [5.74, 6) is 1.63. The molecule has 204 valence electrons. The predicted octanol–water partition coefficient (Wildman–Crippen LogP) is 2.87. The molecule has 0 bridgehead atoms. The van der Waals surface area contributed by atoms with Crippen LogP contribution >= 0.6 is 0 Å². The van der Waals surface area contributed by atoms with Gasteiger partial charge < -0.3 is 29.0 Å². The van der Waals surface area contributed by atoms with E-state index in [0.29, 0.717) is 13.2 Å². The van der Waals surface area contributed by atoms with Crippen molar-refractivity contribution in [3.63, 3.8) is 0 Å². The van der Waals surface area contributed by atoms with Crippen LogP contribution in [0.2, 0.25) is 0 Å². The van der Waals surface area contributed by atoms with Gasteiger partial charge in [0.1, 0.15) is 12.7 Å². The van der Waals surface area contributed by atoms with Gasteiger partial charge in [-0.05, 0) is 38.5 Å². The van der Waals surface area contributed by atoms with Crippen molar-refractivity contribution in [3.8, 4) is 0 Å². The Morgan fingerprint density at radius 3 is 1.79 bits per heavy atom. The van der Waals surface area contributed by atoms with E-state index in [9.17, 15) is 4.79 Å². The summed E-state index contributed by atoms with van der Waals surface area (Å²) in [5.41, 5.74) is 3.30. The van der Waals surface area contributed by atoms with E-state index in [-0.39, 0.29) is 6.09 Å². The molecule has 0 aliphatic rings. The topological polar surface area (TPSA) is 132 Å². The quantitative estimate of drug-likeness (QED) is 0.246. The van der Waals surface area contributed by atoms with Crippen LogP contribution in [0.3, 0.4) is 0 Å². The summed E-state index contributed by atoms with van der Waals surface area (Å²) in [7, 11) is 7.77. The van der Waals surface area contributed by atoms with Crippen molar-refractivity contribution in [2.24, 2.45) is 0 Å². The Morgan fingerprint density at radius 1 is 0.737 bits per heavy atom. The normalized spacial score (nSPS) is 11.3. The summed E-state index contributed by atoms with van der Waals surface area (Å²) in [4.78, 5) is 42.1. The Hall–Kier alpha value is -4.03. The number of hydrogen-bond donors (Lipinski definition) is 1. The summed E-state index contributed by atoms with van der Waals surface area (Å²) in [5, 5.41) is 2.84. The lowest BCUT2D eigenvalue weighted by atomic mass is 10.2. The van der Waals surface area contributed by atoms with Crippen molar-refractivity contribution in [2.45, 2.75) is 51.6 Å². The molecule has 0 saturated heterocycles. The van der Waals surface area contributed by atoms with Gasteiger partial charge in [0.25, 0.3) is 0 Å². The molecule has 4 aromatic rings. The van der Waals surface area contributed by atoms with Crippen LogP contribution in [0.1, 0.15) is 38.5 Å². The number of imidazole rings is 2. The van der Waals surface area contributed by atoms with E-state index in [4.69, 9.17) is 4.74 Å². The van der Waals surface area contributed by atoms with Crippen LogP contribution < -0.4 is 15.1 Å². The first-order chi connectivity index (χ1) is 18.5. The van der Waals surface area contributed by atoms with E-state index in [1.807, 2.05) is 55.2 Å². The second-order valence-corrected chi connectivity index (χ2v) is 9.59. The molecule has 0 aliphatic heterocycles. The lowest BCUT2D eigenvalue weighted by molar-refractivity contribution is 0.143. The number of hydrogen-bond acceptors (Lipinski definition) is 10. The molecular formula is C25H37N11O2. The van der Waals surface area contributed by atoms with Crippen molar-refractivity contribution in [3.05, 3.63) is 25.3 Å². The number of alkyl carbamates (subject to hydrolysis) is 1. The molecule has 0 spiro atoms. The number of aromatic nitrogens is 8. The predicted molar refractivity (Wildman–Crippen MR) is 146 cm³/mol. The molecule has 13 heteroatoms. The van der Waals surface area contributed by atoms with Gasteiger partial charge in [-0.25, -0.2) is 34.7 Å². The van der Waals surface area contributed by atoms with E-state index >= 15 is 0 Å². The van der Waals surface area contributed by atoms with Gasteiger partial charge in [-0.1, -0.05) is 0 Å². The highest BCUT2D eigenvalue weighted by molar-refractivity contribution is 5.83. The maximum atomic E-state index is 12.0. The molecule has 0 atom stereocenters. The summed E-state index contributed by atoms with van der Waals surface area (Å²) in [6, 6.07) is 0. The van der Waals surface area contributed by atoms with Crippen LogP contribution in [0.5, 0.6) is 0 Å². The third-order valence-electron chi connectivity index (χ3n) is 6.23. The maximum absolute atomic E-state index is 12.0. The molecular weight excluding hydrogens is 486 g/mol. The fourth-order valence-electron chi connectivity index (χ4n) is 4.27. The molecule has 1 N–H and O–H groups in total. The molecule has 4 rings (SSSR count). The van der Waals surface area contributed by atoms with Crippen molar-refractivity contribution < 1.29 is 9.53 Å².